The van der Waals surface area contributed by atoms with Crippen molar-refractivity contribution in [2.24, 2.45) is 0 Å². The summed E-state index contributed by atoms with van der Waals surface area (Å²) in [5.41, 5.74) is 0. The molecule has 0 bridgehead atoms. The first-order valence-electron chi connectivity index (χ1n) is 7.07. The Balaban J connectivity index is 4.08. The maximum atomic E-state index is 11.4. The van der Waals surface area contributed by atoms with Crippen LogP contribution in [0, 0.1) is 0 Å². The Morgan fingerprint density at radius 3 is 2.15 bits per heavy atom. The smallest absolute Gasteiger partial charge is 0.374 e. The van der Waals surface area contributed by atoms with Gasteiger partial charge in [0.05, 0.1) is 0 Å². The molecular weight excluding hydrogens is 314 g/mol. The summed E-state index contributed by atoms with van der Waals surface area (Å²) >= 11 is 5.32. The highest BCUT2D eigenvalue weighted by Crippen LogP contribution is 2.17. The van der Waals surface area contributed by atoms with E-state index in [2.05, 4.69) is 17.9 Å². The van der Waals surface area contributed by atoms with E-state index in [9.17, 15) is 4.79 Å². The fourth-order valence-electron chi connectivity index (χ4n) is 1.69. The zero-order valence-corrected chi connectivity index (χ0v) is 15.4. The molecule has 0 aromatic heterocycles. The molecule has 0 aliphatic rings. The van der Waals surface area contributed by atoms with Crippen molar-refractivity contribution in [1.82, 2.24) is 5.32 Å². The quantitative estimate of drug-likeness (QED) is 0.325. The number of carbonyl (C=O) groups is 1. The van der Waals surface area contributed by atoms with Crippen molar-refractivity contribution in [2.45, 2.75) is 33.2 Å². The van der Waals surface area contributed by atoms with Gasteiger partial charge < -0.3 is 18.6 Å². The van der Waals surface area contributed by atoms with Crippen LogP contribution in [0.15, 0.2) is 0 Å². The van der Waals surface area contributed by atoms with Crippen LogP contribution in [-0.2, 0) is 13.3 Å². The molecule has 0 heterocycles. The first-order chi connectivity index (χ1) is 9.64. The predicted molar refractivity (Wildman–Crippen MR) is 89.8 cm³/mol. The molecule has 5 nitrogen and oxygen atoms in total. The summed E-state index contributed by atoms with van der Waals surface area (Å²) in [6, 6.07) is 0.722. The van der Waals surface area contributed by atoms with Crippen LogP contribution in [0.2, 0.25) is 6.04 Å². The number of nitrogens with one attached hydrogen (secondary N) is 1. The summed E-state index contributed by atoms with van der Waals surface area (Å²) in [4.78, 5) is 11.4. The average molecular weight is 342 g/mol. The molecule has 0 atom stereocenters. The number of hydrogen-bond donors (Lipinski definition) is 2. The highest BCUT2D eigenvalue weighted by atomic mass is 32.2. The van der Waals surface area contributed by atoms with E-state index in [0.717, 1.165) is 18.2 Å². The highest BCUT2D eigenvalue weighted by Gasteiger charge is 2.39. The highest BCUT2D eigenvalue weighted by molar-refractivity contribution is 8.13. The molecule has 0 saturated carbocycles. The van der Waals surface area contributed by atoms with Gasteiger partial charge in [0.1, 0.15) is 0 Å². The fraction of sp³-hybridized carbons (Fsp3) is 0.917. The minimum Gasteiger partial charge on any atom is -0.374 e. The predicted octanol–water partition coefficient (Wildman–Crippen LogP) is 2.80. The van der Waals surface area contributed by atoms with Crippen molar-refractivity contribution >= 4 is 38.4 Å². The maximum absolute atomic E-state index is 11.4. The summed E-state index contributed by atoms with van der Waals surface area (Å²) in [5.74, 6) is 1.43. The third kappa shape index (κ3) is 9.25. The minimum atomic E-state index is -2.56. The van der Waals surface area contributed by atoms with Crippen molar-refractivity contribution in [3.63, 3.8) is 0 Å². The van der Waals surface area contributed by atoms with Crippen LogP contribution < -0.4 is 5.32 Å². The standard InChI is InChI=1S/C12H27NO4S2Si/c1-4-15-20(16-5-2,17-6-3)11-7-8-13-12(14)19-10-9-18/h18H,4-11H2,1-3H3,(H,13,14). The lowest BCUT2D eigenvalue weighted by Crippen LogP contribution is -2.46. The normalized spacial score (nSPS) is 11.6. The molecule has 0 aliphatic carbocycles. The van der Waals surface area contributed by atoms with Gasteiger partial charge in [0.25, 0.3) is 5.24 Å². The van der Waals surface area contributed by atoms with E-state index in [-0.39, 0.29) is 5.24 Å². The number of thioether (sulfide) groups is 1. The third-order valence-corrected chi connectivity index (χ3v) is 6.84. The van der Waals surface area contributed by atoms with Gasteiger partial charge in [-0.15, -0.1) is 0 Å². The van der Waals surface area contributed by atoms with Crippen LogP contribution in [0.3, 0.4) is 0 Å². The summed E-state index contributed by atoms with van der Waals surface area (Å²) in [6.45, 7) is 8.17. The average Bonchev–Trinajstić information content (AvgIpc) is 2.42. The number of hydrogen-bond acceptors (Lipinski definition) is 6. The zero-order chi connectivity index (χ0) is 15.3. The molecule has 0 unspecified atom stereocenters. The Hall–Kier alpha value is 0.267. The van der Waals surface area contributed by atoms with Crippen LogP contribution >= 0.6 is 24.4 Å². The topological polar surface area (TPSA) is 56.8 Å². The van der Waals surface area contributed by atoms with Crippen LogP contribution in [0.5, 0.6) is 0 Å². The summed E-state index contributed by atoms with van der Waals surface area (Å²) in [6.07, 6.45) is 0.791. The minimum absolute atomic E-state index is 0.00412. The van der Waals surface area contributed by atoms with Crippen LogP contribution in [0.25, 0.3) is 0 Å². The molecule has 8 heteroatoms. The number of carbonyl (C=O) groups excluding carboxylic acids is 1. The third-order valence-electron chi connectivity index (χ3n) is 2.35. The Bertz CT molecular complexity index is 243. The van der Waals surface area contributed by atoms with E-state index in [1.54, 1.807) is 0 Å². The summed E-state index contributed by atoms with van der Waals surface area (Å²) in [7, 11) is -2.56. The SMILES string of the molecule is CCO[Si](CCCNC(=O)SCCS)(OCC)OCC. The van der Waals surface area contributed by atoms with E-state index in [0.29, 0.717) is 32.1 Å². The van der Waals surface area contributed by atoms with Gasteiger partial charge in [-0.05, 0) is 32.9 Å². The molecule has 0 saturated heterocycles. The van der Waals surface area contributed by atoms with Gasteiger partial charge in [0.15, 0.2) is 0 Å². The Labute approximate surface area is 133 Å². The lowest BCUT2D eigenvalue weighted by molar-refractivity contribution is 0.0708. The summed E-state index contributed by atoms with van der Waals surface area (Å²) < 4.78 is 17.2. The maximum Gasteiger partial charge on any atom is 0.500 e. The molecule has 0 aliphatic heterocycles. The molecule has 0 aromatic carbocycles. The second-order valence-corrected chi connectivity index (χ2v) is 8.12. The lowest BCUT2D eigenvalue weighted by atomic mass is 10.5. The largest absolute Gasteiger partial charge is 0.500 e. The molecule has 20 heavy (non-hydrogen) atoms. The van der Waals surface area contributed by atoms with Crippen LogP contribution in [0.1, 0.15) is 27.2 Å². The van der Waals surface area contributed by atoms with Gasteiger partial charge in [0, 0.05) is 38.2 Å². The lowest BCUT2D eigenvalue weighted by Gasteiger charge is -2.28. The Morgan fingerprint density at radius 1 is 1.15 bits per heavy atom. The molecule has 1 amide bonds. The molecular formula is C12H27NO4S2Si. The van der Waals surface area contributed by atoms with E-state index in [1.807, 2.05) is 20.8 Å². The first-order valence-corrected chi connectivity index (χ1v) is 10.6. The van der Waals surface area contributed by atoms with E-state index >= 15 is 0 Å². The molecule has 0 aromatic rings. The van der Waals surface area contributed by atoms with Gasteiger partial charge in [0.2, 0.25) is 0 Å². The summed E-state index contributed by atoms with van der Waals surface area (Å²) in [5, 5.41) is 2.86. The van der Waals surface area contributed by atoms with Crippen molar-refractivity contribution in [1.29, 1.82) is 0 Å². The molecule has 0 rings (SSSR count). The van der Waals surface area contributed by atoms with Crippen molar-refractivity contribution < 1.29 is 18.1 Å². The first kappa shape index (κ1) is 20.3. The molecule has 1 N–H and O–H groups in total. The van der Waals surface area contributed by atoms with Gasteiger partial charge >= 0.3 is 8.80 Å². The number of thiol groups is 1. The van der Waals surface area contributed by atoms with Crippen LogP contribution in [-0.4, -0.2) is 51.9 Å². The molecule has 0 radical (unpaired) electrons. The molecule has 0 fully saturated rings. The second kappa shape index (κ2) is 13.0. The molecule has 120 valence electrons. The zero-order valence-electron chi connectivity index (χ0n) is 12.6. The van der Waals surface area contributed by atoms with E-state index in [4.69, 9.17) is 13.3 Å². The van der Waals surface area contributed by atoms with Crippen molar-refractivity contribution in [3.8, 4) is 0 Å². The number of amides is 1. The van der Waals surface area contributed by atoms with Gasteiger partial charge in [-0.1, -0.05) is 11.8 Å². The number of rotatable bonds is 12. The Morgan fingerprint density at radius 2 is 1.70 bits per heavy atom. The molecule has 0 spiro atoms. The van der Waals surface area contributed by atoms with E-state index in [1.165, 1.54) is 11.8 Å². The monoisotopic (exact) mass is 341 g/mol. The van der Waals surface area contributed by atoms with Crippen LogP contribution in [0.4, 0.5) is 4.79 Å². The van der Waals surface area contributed by atoms with Gasteiger partial charge in [-0.25, -0.2) is 0 Å². The Kier molecular flexibility index (Phi) is 13.1. The van der Waals surface area contributed by atoms with Crippen molar-refractivity contribution in [3.05, 3.63) is 0 Å². The van der Waals surface area contributed by atoms with Gasteiger partial charge in [-0.3, -0.25) is 4.79 Å². The fourth-order valence-corrected chi connectivity index (χ4v) is 5.05. The van der Waals surface area contributed by atoms with Gasteiger partial charge in [-0.2, -0.15) is 12.6 Å². The van der Waals surface area contributed by atoms with Crippen molar-refractivity contribution in [2.75, 3.05) is 37.9 Å². The second-order valence-electron chi connectivity index (χ2n) is 3.87. The van der Waals surface area contributed by atoms with E-state index < -0.39 is 8.80 Å².